The fourth-order valence-corrected chi connectivity index (χ4v) is 1.32. The SMILES string of the molecule is C[C@@H](N)c1cc2cc(F)cc(F)c2o1. The molecule has 0 aliphatic carbocycles. The van der Waals surface area contributed by atoms with Crippen LogP contribution in [0.1, 0.15) is 18.7 Å². The van der Waals surface area contributed by atoms with E-state index >= 15 is 0 Å². The smallest absolute Gasteiger partial charge is 0.170 e. The Labute approximate surface area is 79.3 Å². The van der Waals surface area contributed by atoms with Crippen LogP contribution in [0.2, 0.25) is 0 Å². The molecule has 1 aromatic heterocycles. The molecule has 0 aliphatic heterocycles. The zero-order valence-electron chi connectivity index (χ0n) is 7.55. The van der Waals surface area contributed by atoms with Crippen molar-refractivity contribution in [1.29, 1.82) is 0 Å². The van der Waals surface area contributed by atoms with Gasteiger partial charge in [-0.15, -0.1) is 0 Å². The molecule has 1 aromatic carbocycles. The number of halogens is 2. The lowest BCUT2D eigenvalue weighted by Crippen LogP contribution is -2.02. The molecule has 2 N–H and O–H groups in total. The van der Waals surface area contributed by atoms with Crippen molar-refractivity contribution in [3.8, 4) is 0 Å². The fourth-order valence-electron chi connectivity index (χ4n) is 1.32. The van der Waals surface area contributed by atoms with Crippen molar-refractivity contribution < 1.29 is 13.2 Å². The second kappa shape index (κ2) is 3.06. The first-order chi connectivity index (χ1) is 6.58. The minimum absolute atomic E-state index is 0.0544. The highest BCUT2D eigenvalue weighted by Crippen LogP contribution is 2.25. The van der Waals surface area contributed by atoms with Crippen LogP contribution in [-0.4, -0.2) is 0 Å². The maximum absolute atomic E-state index is 13.1. The number of hydrogen-bond donors (Lipinski definition) is 1. The van der Waals surface area contributed by atoms with Crippen molar-refractivity contribution in [1.82, 2.24) is 0 Å². The number of hydrogen-bond acceptors (Lipinski definition) is 2. The molecule has 0 bridgehead atoms. The highest BCUT2D eigenvalue weighted by molar-refractivity contribution is 5.78. The van der Waals surface area contributed by atoms with Crippen LogP contribution in [0.25, 0.3) is 11.0 Å². The molecule has 74 valence electrons. The third-order valence-electron chi connectivity index (χ3n) is 2.00. The molecule has 0 unspecified atom stereocenters. The molecule has 1 heterocycles. The van der Waals surface area contributed by atoms with Crippen LogP contribution in [0.15, 0.2) is 22.6 Å². The van der Waals surface area contributed by atoms with Gasteiger partial charge in [0.05, 0.1) is 6.04 Å². The van der Waals surface area contributed by atoms with Gasteiger partial charge in [0.15, 0.2) is 11.4 Å². The summed E-state index contributed by atoms with van der Waals surface area (Å²) in [6.45, 7) is 1.71. The Bertz CT molecular complexity index is 476. The zero-order valence-corrected chi connectivity index (χ0v) is 7.55. The Morgan fingerprint density at radius 2 is 2.00 bits per heavy atom. The summed E-state index contributed by atoms with van der Waals surface area (Å²) in [6, 6.07) is 3.22. The summed E-state index contributed by atoms with van der Waals surface area (Å²) in [4.78, 5) is 0. The summed E-state index contributed by atoms with van der Waals surface area (Å²) in [7, 11) is 0. The average Bonchev–Trinajstić information content (AvgIpc) is 2.47. The van der Waals surface area contributed by atoms with Gasteiger partial charge in [0, 0.05) is 11.5 Å². The average molecular weight is 197 g/mol. The van der Waals surface area contributed by atoms with E-state index in [0.29, 0.717) is 11.1 Å². The summed E-state index contributed by atoms with van der Waals surface area (Å²) in [6.07, 6.45) is 0. The summed E-state index contributed by atoms with van der Waals surface area (Å²) in [5.41, 5.74) is 5.61. The van der Waals surface area contributed by atoms with E-state index in [1.165, 1.54) is 6.07 Å². The van der Waals surface area contributed by atoms with Crippen LogP contribution in [0.3, 0.4) is 0 Å². The van der Waals surface area contributed by atoms with Crippen LogP contribution < -0.4 is 5.73 Å². The number of nitrogens with two attached hydrogens (primary N) is 1. The molecule has 14 heavy (non-hydrogen) atoms. The largest absolute Gasteiger partial charge is 0.456 e. The Morgan fingerprint density at radius 1 is 1.29 bits per heavy atom. The summed E-state index contributed by atoms with van der Waals surface area (Å²) in [5, 5.41) is 0.398. The van der Waals surface area contributed by atoms with Crippen molar-refractivity contribution in [3.63, 3.8) is 0 Å². The van der Waals surface area contributed by atoms with Crippen molar-refractivity contribution in [2.24, 2.45) is 5.73 Å². The second-order valence-corrected chi connectivity index (χ2v) is 3.24. The van der Waals surface area contributed by atoms with Crippen LogP contribution in [-0.2, 0) is 0 Å². The van der Waals surface area contributed by atoms with E-state index in [-0.39, 0.29) is 11.6 Å². The molecule has 2 rings (SSSR count). The van der Waals surface area contributed by atoms with Crippen molar-refractivity contribution >= 4 is 11.0 Å². The van der Waals surface area contributed by atoms with Crippen LogP contribution in [0, 0.1) is 11.6 Å². The molecule has 0 radical (unpaired) electrons. The normalized spacial score (nSPS) is 13.4. The van der Waals surface area contributed by atoms with Crippen molar-refractivity contribution in [3.05, 3.63) is 35.6 Å². The molecule has 1 atom stereocenters. The fraction of sp³-hybridized carbons (Fsp3) is 0.200. The Hall–Kier alpha value is -1.42. The molecule has 0 saturated carbocycles. The van der Waals surface area contributed by atoms with E-state index in [2.05, 4.69) is 0 Å². The first-order valence-corrected chi connectivity index (χ1v) is 4.22. The predicted octanol–water partition coefficient (Wildman–Crippen LogP) is 2.73. The quantitative estimate of drug-likeness (QED) is 0.763. The van der Waals surface area contributed by atoms with Gasteiger partial charge in [0.1, 0.15) is 11.6 Å². The van der Waals surface area contributed by atoms with E-state index in [4.69, 9.17) is 10.2 Å². The minimum atomic E-state index is -0.702. The van der Waals surface area contributed by atoms with Gasteiger partial charge in [-0.1, -0.05) is 0 Å². The zero-order chi connectivity index (χ0) is 10.3. The maximum atomic E-state index is 13.1. The molecule has 2 nitrogen and oxygen atoms in total. The van der Waals surface area contributed by atoms with Gasteiger partial charge in [0.25, 0.3) is 0 Å². The number of benzene rings is 1. The third-order valence-corrected chi connectivity index (χ3v) is 2.00. The highest BCUT2D eigenvalue weighted by atomic mass is 19.1. The van der Waals surface area contributed by atoms with Gasteiger partial charge < -0.3 is 10.2 Å². The van der Waals surface area contributed by atoms with E-state index in [0.717, 1.165) is 6.07 Å². The summed E-state index contributed by atoms with van der Waals surface area (Å²) < 4.78 is 31.1. The minimum Gasteiger partial charge on any atom is -0.456 e. The monoisotopic (exact) mass is 197 g/mol. The van der Waals surface area contributed by atoms with Crippen molar-refractivity contribution in [2.45, 2.75) is 13.0 Å². The molecule has 0 fully saturated rings. The summed E-state index contributed by atoms with van der Waals surface area (Å²) >= 11 is 0. The molecule has 2 aromatic rings. The maximum Gasteiger partial charge on any atom is 0.170 e. The van der Waals surface area contributed by atoms with E-state index in [9.17, 15) is 8.78 Å². The Balaban J connectivity index is 2.70. The Kier molecular flexibility index (Phi) is 2.00. The van der Waals surface area contributed by atoms with Gasteiger partial charge >= 0.3 is 0 Å². The van der Waals surface area contributed by atoms with Gasteiger partial charge in [0.2, 0.25) is 0 Å². The second-order valence-electron chi connectivity index (χ2n) is 3.24. The van der Waals surface area contributed by atoms with E-state index in [1.54, 1.807) is 13.0 Å². The van der Waals surface area contributed by atoms with Gasteiger partial charge in [-0.3, -0.25) is 0 Å². The number of rotatable bonds is 1. The number of fused-ring (bicyclic) bond motifs is 1. The van der Waals surface area contributed by atoms with Crippen LogP contribution in [0.4, 0.5) is 8.78 Å². The van der Waals surface area contributed by atoms with Gasteiger partial charge in [-0.25, -0.2) is 8.78 Å². The first-order valence-electron chi connectivity index (χ1n) is 4.22. The Morgan fingerprint density at radius 3 is 2.64 bits per heavy atom. The lowest BCUT2D eigenvalue weighted by Gasteiger charge is -1.96. The molecule has 0 spiro atoms. The molecule has 4 heteroatoms. The van der Waals surface area contributed by atoms with Gasteiger partial charge in [-0.2, -0.15) is 0 Å². The van der Waals surface area contributed by atoms with E-state index in [1.807, 2.05) is 0 Å². The van der Waals surface area contributed by atoms with Crippen LogP contribution in [0.5, 0.6) is 0 Å². The molecule has 0 aliphatic rings. The van der Waals surface area contributed by atoms with E-state index < -0.39 is 11.6 Å². The van der Waals surface area contributed by atoms with Crippen molar-refractivity contribution in [2.75, 3.05) is 0 Å². The molecule has 0 saturated heterocycles. The lowest BCUT2D eigenvalue weighted by atomic mass is 10.2. The lowest BCUT2D eigenvalue weighted by molar-refractivity contribution is 0.490. The molecular formula is C10H9F2NO. The first kappa shape index (κ1) is 9.15. The predicted molar refractivity (Wildman–Crippen MR) is 48.7 cm³/mol. The highest BCUT2D eigenvalue weighted by Gasteiger charge is 2.12. The topological polar surface area (TPSA) is 39.2 Å². The molecular weight excluding hydrogens is 188 g/mol. The third kappa shape index (κ3) is 1.37. The molecule has 0 amide bonds. The number of furan rings is 1. The standard InChI is InChI=1S/C10H9F2NO/c1-5(13)9-3-6-2-7(11)4-8(12)10(6)14-9/h2-5H,13H2,1H3/t5-/m1/s1. The van der Waals surface area contributed by atoms with Gasteiger partial charge in [-0.05, 0) is 19.1 Å². The van der Waals surface area contributed by atoms with Crippen LogP contribution >= 0.6 is 0 Å². The summed E-state index contributed by atoms with van der Waals surface area (Å²) in [5.74, 6) is -0.872.